The maximum atomic E-state index is 12.3. The zero-order valence-corrected chi connectivity index (χ0v) is 13.4. The largest absolute Gasteiger partial charge is 0.422 e. The molecular formula is C17H18ClNO4. The SMILES string of the molecule is O=C(NCC1(O)CCCCC1)c1cc2cc(Cl)ccc2oc1=O. The van der Waals surface area contributed by atoms with Crippen molar-refractivity contribution in [3.63, 3.8) is 0 Å². The predicted molar refractivity (Wildman–Crippen MR) is 87.9 cm³/mol. The Balaban J connectivity index is 1.80. The summed E-state index contributed by atoms with van der Waals surface area (Å²) in [5.74, 6) is -0.542. The fourth-order valence-corrected chi connectivity index (χ4v) is 3.16. The normalized spacial score (nSPS) is 17.1. The third-order valence-corrected chi connectivity index (χ3v) is 4.54. The van der Waals surface area contributed by atoms with E-state index in [1.54, 1.807) is 18.2 Å². The second kappa shape index (κ2) is 6.34. The number of carbonyl (C=O) groups is 1. The van der Waals surface area contributed by atoms with Gasteiger partial charge in [-0.2, -0.15) is 0 Å². The molecule has 122 valence electrons. The quantitative estimate of drug-likeness (QED) is 0.845. The van der Waals surface area contributed by atoms with Crippen molar-refractivity contribution in [3.05, 3.63) is 45.3 Å². The van der Waals surface area contributed by atoms with Gasteiger partial charge < -0.3 is 14.8 Å². The molecule has 2 N–H and O–H groups in total. The van der Waals surface area contributed by atoms with Crippen LogP contribution in [0, 0.1) is 0 Å². The van der Waals surface area contributed by atoms with Crippen LogP contribution in [0.1, 0.15) is 42.5 Å². The molecule has 0 atom stereocenters. The molecule has 0 aliphatic heterocycles. The predicted octanol–water partition coefficient (Wildman–Crippen LogP) is 2.87. The highest BCUT2D eigenvalue weighted by Crippen LogP contribution is 2.27. The lowest BCUT2D eigenvalue weighted by atomic mass is 9.85. The first-order valence-electron chi connectivity index (χ1n) is 7.71. The molecule has 5 nitrogen and oxygen atoms in total. The maximum absolute atomic E-state index is 12.3. The minimum atomic E-state index is -0.881. The van der Waals surface area contributed by atoms with Gasteiger partial charge in [-0.3, -0.25) is 4.79 Å². The van der Waals surface area contributed by atoms with Crippen LogP contribution in [0.4, 0.5) is 0 Å². The van der Waals surface area contributed by atoms with Crippen LogP contribution in [0.15, 0.2) is 33.5 Å². The summed E-state index contributed by atoms with van der Waals surface area (Å²) >= 11 is 5.92. The highest BCUT2D eigenvalue weighted by Gasteiger charge is 2.30. The lowest BCUT2D eigenvalue weighted by molar-refractivity contribution is 0.00522. The van der Waals surface area contributed by atoms with Crippen molar-refractivity contribution in [2.75, 3.05) is 6.54 Å². The number of hydrogen-bond donors (Lipinski definition) is 2. The van der Waals surface area contributed by atoms with E-state index in [9.17, 15) is 14.7 Å². The Morgan fingerprint density at radius 3 is 2.74 bits per heavy atom. The number of fused-ring (bicyclic) bond motifs is 1. The molecule has 3 rings (SSSR count). The van der Waals surface area contributed by atoms with E-state index in [1.807, 2.05) is 0 Å². The molecule has 0 unspecified atom stereocenters. The van der Waals surface area contributed by atoms with E-state index < -0.39 is 17.1 Å². The van der Waals surface area contributed by atoms with Gasteiger partial charge in [-0.25, -0.2) is 4.79 Å². The molecule has 0 bridgehead atoms. The number of rotatable bonds is 3. The number of aliphatic hydroxyl groups is 1. The van der Waals surface area contributed by atoms with Crippen molar-refractivity contribution in [1.82, 2.24) is 5.32 Å². The van der Waals surface area contributed by atoms with Crippen LogP contribution >= 0.6 is 11.6 Å². The van der Waals surface area contributed by atoms with Gasteiger partial charge in [0.05, 0.1) is 5.60 Å². The van der Waals surface area contributed by atoms with Gasteiger partial charge in [0.1, 0.15) is 11.1 Å². The molecule has 1 aliphatic rings. The molecule has 1 fully saturated rings. The minimum absolute atomic E-state index is 0.0841. The summed E-state index contributed by atoms with van der Waals surface area (Å²) in [5.41, 5.74) is -1.29. The van der Waals surface area contributed by atoms with Gasteiger partial charge in [0.15, 0.2) is 0 Å². The molecule has 0 spiro atoms. The van der Waals surface area contributed by atoms with E-state index in [4.69, 9.17) is 16.0 Å². The summed E-state index contributed by atoms with van der Waals surface area (Å²) in [4.78, 5) is 24.2. The first-order chi connectivity index (χ1) is 11.0. The minimum Gasteiger partial charge on any atom is -0.422 e. The van der Waals surface area contributed by atoms with Gasteiger partial charge in [-0.1, -0.05) is 30.9 Å². The van der Waals surface area contributed by atoms with E-state index in [1.165, 1.54) is 6.07 Å². The average molecular weight is 336 g/mol. The Hall–Kier alpha value is -1.85. The number of nitrogens with one attached hydrogen (secondary N) is 1. The molecule has 1 aromatic carbocycles. The molecule has 1 saturated carbocycles. The lowest BCUT2D eigenvalue weighted by Crippen LogP contribution is -2.44. The third-order valence-electron chi connectivity index (χ3n) is 4.30. The molecule has 1 amide bonds. The van der Waals surface area contributed by atoms with Gasteiger partial charge in [0.2, 0.25) is 0 Å². The smallest absolute Gasteiger partial charge is 0.349 e. The van der Waals surface area contributed by atoms with Crippen LogP contribution in [-0.2, 0) is 0 Å². The van der Waals surface area contributed by atoms with Gasteiger partial charge in [0.25, 0.3) is 5.91 Å². The highest BCUT2D eigenvalue weighted by molar-refractivity contribution is 6.31. The number of carbonyl (C=O) groups excluding carboxylic acids is 1. The molecule has 2 aromatic rings. The topological polar surface area (TPSA) is 79.5 Å². The zero-order chi connectivity index (χ0) is 16.4. The summed E-state index contributed by atoms with van der Waals surface area (Å²) in [6.45, 7) is 0.138. The van der Waals surface area contributed by atoms with Crippen molar-refractivity contribution in [3.8, 4) is 0 Å². The van der Waals surface area contributed by atoms with Crippen LogP contribution < -0.4 is 10.9 Å². The summed E-state index contributed by atoms with van der Waals surface area (Å²) in [5, 5.41) is 14.1. The van der Waals surface area contributed by atoms with Crippen molar-refractivity contribution < 1.29 is 14.3 Å². The third kappa shape index (κ3) is 3.57. The summed E-state index contributed by atoms with van der Waals surface area (Å²) < 4.78 is 5.15. The summed E-state index contributed by atoms with van der Waals surface area (Å²) in [6, 6.07) is 6.30. The monoisotopic (exact) mass is 335 g/mol. The molecule has 1 heterocycles. The number of amides is 1. The van der Waals surface area contributed by atoms with E-state index in [2.05, 4.69) is 5.32 Å². The Labute approximate surface area is 138 Å². The standard InChI is InChI=1S/C17H18ClNO4/c18-12-4-5-14-11(8-12)9-13(16(21)23-14)15(20)19-10-17(22)6-2-1-3-7-17/h4-5,8-9,22H,1-3,6-7,10H2,(H,19,20). The first-order valence-corrected chi connectivity index (χ1v) is 8.09. The van der Waals surface area contributed by atoms with Crippen molar-refractivity contribution in [2.45, 2.75) is 37.7 Å². The average Bonchev–Trinajstić information content (AvgIpc) is 2.53. The molecular weight excluding hydrogens is 318 g/mol. The summed E-state index contributed by atoms with van der Waals surface area (Å²) in [6.07, 6.45) is 4.32. The molecule has 0 radical (unpaired) electrons. The molecule has 6 heteroatoms. The Morgan fingerprint density at radius 2 is 2.00 bits per heavy atom. The Bertz CT molecular complexity index is 793. The zero-order valence-electron chi connectivity index (χ0n) is 12.6. The fraction of sp³-hybridized carbons (Fsp3) is 0.412. The second-order valence-corrected chi connectivity index (χ2v) is 6.53. The van der Waals surface area contributed by atoms with Gasteiger partial charge in [0, 0.05) is 17.0 Å². The van der Waals surface area contributed by atoms with Gasteiger partial charge >= 0.3 is 5.63 Å². The van der Waals surface area contributed by atoms with Gasteiger partial charge in [-0.15, -0.1) is 0 Å². The van der Waals surface area contributed by atoms with E-state index in [-0.39, 0.29) is 12.1 Å². The van der Waals surface area contributed by atoms with Gasteiger partial charge in [-0.05, 0) is 37.1 Å². The van der Waals surface area contributed by atoms with Crippen LogP contribution in [0.3, 0.4) is 0 Å². The van der Waals surface area contributed by atoms with Crippen molar-refractivity contribution >= 4 is 28.5 Å². The van der Waals surface area contributed by atoms with E-state index >= 15 is 0 Å². The molecule has 1 aliphatic carbocycles. The van der Waals surface area contributed by atoms with Crippen LogP contribution in [-0.4, -0.2) is 23.2 Å². The lowest BCUT2D eigenvalue weighted by Gasteiger charge is -2.32. The molecule has 1 aromatic heterocycles. The first kappa shape index (κ1) is 16.0. The maximum Gasteiger partial charge on any atom is 0.349 e. The van der Waals surface area contributed by atoms with Crippen molar-refractivity contribution in [1.29, 1.82) is 0 Å². The Morgan fingerprint density at radius 1 is 1.26 bits per heavy atom. The van der Waals surface area contributed by atoms with Crippen molar-refractivity contribution in [2.24, 2.45) is 0 Å². The highest BCUT2D eigenvalue weighted by atomic mass is 35.5. The van der Waals surface area contributed by atoms with Crippen LogP contribution in [0.5, 0.6) is 0 Å². The second-order valence-electron chi connectivity index (χ2n) is 6.10. The van der Waals surface area contributed by atoms with E-state index in [0.717, 1.165) is 19.3 Å². The number of hydrogen-bond acceptors (Lipinski definition) is 4. The van der Waals surface area contributed by atoms with E-state index in [0.29, 0.717) is 28.8 Å². The number of halogens is 1. The summed E-state index contributed by atoms with van der Waals surface area (Å²) in [7, 11) is 0. The van der Waals surface area contributed by atoms with Crippen LogP contribution in [0.2, 0.25) is 5.02 Å². The molecule has 0 saturated heterocycles. The number of benzene rings is 1. The fourth-order valence-electron chi connectivity index (χ4n) is 2.98. The van der Waals surface area contributed by atoms with Crippen LogP contribution in [0.25, 0.3) is 11.0 Å². The molecule has 23 heavy (non-hydrogen) atoms. The Kier molecular flexibility index (Phi) is 4.41.